The topological polar surface area (TPSA) is 28.7 Å². The summed E-state index contributed by atoms with van der Waals surface area (Å²) in [5.74, 6) is 1.59. The molecule has 0 saturated carbocycles. The molecular formula is C17H26N2. The molecule has 1 heterocycles. The van der Waals surface area contributed by atoms with E-state index in [4.69, 9.17) is 0 Å². The van der Waals surface area contributed by atoms with Gasteiger partial charge in [0.15, 0.2) is 0 Å². The van der Waals surface area contributed by atoms with Gasteiger partial charge in [0.2, 0.25) is 0 Å². The first kappa shape index (κ1) is 15.5. The van der Waals surface area contributed by atoms with Crippen LogP contribution in [0.15, 0.2) is 36.7 Å². The maximum atomic E-state index is 4.38. The first-order valence-corrected chi connectivity index (χ1v) is 7.52. The fraction of sp³-hybridized carbons (Fsp3) is 0.471. The molecule has 0 fully saturated rings. The lowest BCUT2D eigenvalue weighted by molar-refractivity contribution is 0.595. The highest BCUT2D eigenvalue weighted by Gasteiger charge is 2.22. The predicted molar refractivity (Wildman–Crippen MR) is 82.5 cm³/mol. The van der Waals surface area contributed by atoms with Crippen LogP contribution in [0.3, 0.4) is 0 Å². The van der Waals surface area contributed by atoms with Crippen LogP contribution < -0.4 is 0 Å². The van der Waals surface area contributed by atoms with Gasteiger partial charge < -0.3 is 4.98 Å². The SMILES string of the molecule is CC.CC.c1ccc2c(c1)CCCC2c1ncc[nH]1. The van der Waals surface area contributed by atoms with E-state index in [0.717, 1.165) is 5.82 Å². The molecule has 1 aromatic carbocycles. The van der Waals surface area contributed by atoms with E-state index in [2.05, 4.69) is 34.2 Å². The number of aryl methyl sites for hydroxylation is 1. The van der Waals surface area contributed by atoms with Crippen LogP contribution in [0.4, 0.5) is 0 Å². The molecule has 1 unspecified atom stereocenters. The minimum absolute atomic E-state index is 0.477. The second kappa shape index (κ2) is 8.52. The summed E-state index contributed by atoms with van der Waals surface area (Å²) in [7, 11) is 0. The Labute approximate surface area is 117 Å². The third kappa shape index (κ3) is 3.69. The van der Waals surface area contributed by atoms with Crippen molar-refractivity contribution < 1.29 is 0 Å². The molecular weight excluding hydrogens is 232 g/mol. The van der Waals surface area contributed by atoms with Crippen molar-refractivity contribution >= 4 is 0 Å². The maximum Gasteiger partial charge on any atom is 0.113 e. The summed E-state index contributed by atoms with van der Waals surface area (Å²) in [6.45, 7) is 8.00. The van der Waals surface area contributed by atoms with E-state index in [9.17, 15) is 0 Å². The molecule has 1 aliphatic rings. The lowest BCUT2D eigenvalue weighted by atomic mass is 9.82. The number of aromatic amines is 1. The van der Waals surface area contributed by atoms with Crippen molar-refractivity contribution in [1.82, 2.24) is 9.97 Å². The Balaban J connectivity index is 0.000000415. The number of H-pyrrole nitrogens is 1. The number of hydrogen-bond donors (Lipinski definition) is 1. The molecule has 1 N–H and O–H groups in total. The maximum absolute atomic E-state index is 4.38. The molecule has 3 rings (SSSR count). The number of benzene rings is 1. The van der Waals surface area contributed by atoms with Crippen molar-refractivity contribution in [2.24, 2.45) is 0 Å². The van der Waals surface area contributed by atoms with E-state index in [-0.39, 0.29) is 0 Å². The van der Waals surface area contributed by atoms with Gasteiger partial charge in [-0.2, -0.15) is 0 Å². The molecule has 1 aliphatic carbocycles. The van der Waals surface area contributed by atoms with Crippen molar-refractivity contribution in [2.75, 3.05) is 0 Å². The van der Waals surface area contributed by atoms with Crippen molar-refractivity contribution in [3.8, 4) is 0 Å². The quantitative estimate of drug-likeness (QED) is 0.772. The lowest BCUT2D eigenvalue weighted by Crippen LogP contribution is -2.11. The molecule has 19 heavy (non-hydrogen) atoms. The van der Waals surface area contributed by atoms with Gasteiger partial charge >= 0.3 is 0 Å². The zero-order valence-electron chi connectivity index (χ0n) is 12.6. The van der Waals surface area contributed by atoms with Gasteiger partial charge in [-0.15, -0.1) is 0 Å². The van der Waals surface area contributed by atoms with E-state index in [1.165, 1.54) is 30.4 Å². The predicted octanol–water partition coefficient (Wildman–Crippen LogP) is 4.93. The van der Waals surface area contributed by atoms with Crippen LogP contribution in [0.2, 0.25) is 0 Å². The van der Waals surface area contributed by atoms with Crippen LogP contribution in [-0.2, 0) is 6.42 Å². The Bertz CT molecular complexity index is 446. The minimum Gasteiger partial charge on any atom is -0.348 e. The highest BCUT2D eigenvalue weighted by atomic mass is 14.9. The molecule has 2 aromatic rings. The van der Waals surface area contributed by atoms with Gasteiger partial charge in [-0.05, 0) is 30.4 Å². The van der Waals surface area contributed by atoms with Crippen LogP contribution in [0.1, 0.15) is 63.4 Å². The van der Waals surface area contributed by atoms with Gasteiger partial charge in [0, 0.05) is 18.3 Å². The largest absolute Gasteiger partial charge is 0.348 e. The summed E-state index contributed by atoms with van der Waals surface area (Å²) < 4.78 is 0. The van der Waals surface area contributed by atoms with E-state index in [1.807, 2.05) is 40.1 Å². The van der Waals surface area contributed by atoms with Crippen LogP contribution in [0.5, 0.6) is 0 Å². The third-order valence-corrected chi connectivity index (χ3v) is 3.22. The van der Waals surface area contributed by atoms with Crippen molar-refractivity contribution in [3.05, 3.63) is 53.6 Å². The molecule has 1 aromatic heterocycles. The number of hydrogen-bond acceptors (Lipinski definition) is 1. The first-order chi connectivity index (χ1) is 9.45. The van der Waals surface area contributed by atoms with Gasteiger partial charge in [-0.25, -0.2) is 4.98 Å². The Hall–Kier alpha value is -1.57. The minimum atomic E-state index is 0.477. The van der Waals surface area contributed by atoms with E-state index in [1.54, 1.807) is 0 Å². The third-order valence-electron chi connectivity index (χ3n) is 3.22. The molecule has 0 spiro atoms. The second-order valence-electron chi connectivity index (χ2n) is 4.12. The number of nitrogens with one attached hydrogen (secondary N) is 1. The van der Waals surface area contributed by atoms with Gasteiger partial charge in [0.05, 0.1) is 0 Å². The van der Waals surface area contributed by atoms with Gasteiger partial charge in [0.1, 0.15) is 5.82 Å². The number of nitrogens with zero attached hydrogens (tertiary/aromatic N) is 1. The molecule has 0 amide bonds. The molecule has 0 bridgehead atoms. The van der Waals surface area contributed by atoms with Crippen LogP contribution in [0, 0.1) is 0 Å². The lowest BCUT2D eigenvalue weighted by Gasteiger charge is -2.23. The Kier molecular flexibility index (Phi) is 6.94. The highest BCUT2D eigenvalue weighted by Crippen LogP contribution is 2.34. The standard InChI is InChI=1S/C13H14N2.2C2H6/c1-2-6-11-10(4-1)5-3-7-12(11)13-14-8-9-15-13;2*1-2/h1-2,4,6,8-9,12H,3,5,7H2,(H,14,15);2*1-2H3. The molecule has 104 valence electrons. The highest BCUT2D eigenvalue weighted by molar-refractivity contribution is 5.36. The Morgan fingerprint density at radius 3 is 2.53 bits per heavy atom. The van der Waals surface area contributed by atoms with Gasteiger partial charge in [-0.3, -0.25) is 0 Å². The first-order valence-electron chi connectivity index (χ1n) is 7.52. The smallest absolute Gasteiger partial charge is 0.113 e. The zero-order valence-corrected chi connectivity index (χ0v) is 12.6. The average molecular weight is 258 g/mol. The van der Waals surface area contributed by atoms with Crippen molar-refractivity contribution in [2.45, 2.75) is 52.9 Å². The number of aromatic nitrogens is 2. The fourth-order valence-electron chi connectivity index (χ4n) is 2.51. The monoisotopic (exact) mass is 258 g/mol. The molecule has 0 aliphatic heterocycles. The van der Waals surface area contributed by atoms with E-state index in [0.29, 0.717) is 5.92 Å². The molecule has 0 saturated heterocycles. The normalized spacial score (nSPS) is 16.3. The summed E-state index contributed by atoms with van der Waals surface area (Å²) >= 11 is 0. The summed E-state index contributed by atoms with van der Waals surface area (Å²) in [5.41, 5.74) is 2.95. The summed E-state index contributed by atoms with van der Waals surface area (Å²) in [6, 6.07) is 8.73. The van der Waals surface area contributed by atoms with Crippen LogP contribution in [-0.4, -0.2) is 9.97 Å². The van der Waals surface area contributed by atoms with E-state index >= 15 is 0 Å². The summed E-state index contributed by atoms with van der Waals surface area (Å²) in [6.07, 6.45) is 7.44. The molecule has 0 radical (unpaired) electrons. The molecule has 2 heteroatoms. The van der Waals surface area contributed by atoms with Crippen LogP contribution >= 0.6 is 0 Å². The van der Waals surface area contributed by atoms with Crippen molar-refractivity contribution in [3.63, 3.8) is 0 Å². The number of fused-ring (bicyclic) bond motifs is 1. The van der Waals surface area contributed by atoms with Gasteiger partial charge in [0.25, 0.3) is 0 Å². The number of rotatable bonds is 1. The van der Waals surface area contributed by atoms with Crippen LogP contribution in [0.25, 0.3) is 0 Å². The zero-order chi connectivity index (χ0) is 14.1. The summed E-state index contributed by atoms with van der Waals surface area (Å²) in [4.78, 5) is 7.62. The van der Waals surface area contributed by atoms with Gasteiger partial charge in [-0.1, -0.05) is 52.0 Å². The Morgan fingerprint density at radius 1 is 1.11 bits per heavy atom. The number of imidazole rings is 1. The fourth-order valence-corrected chi connectivity index (χ4v) is 2.51. The van der Waals surface area contributed by atoms with E-state index < -0.39 is 0 Å². The Morgan fingerprint density at radius 2 is 1.84 bits per heavy atom. The summed E-state index contributed by atoms with van der Waals surface area (Å²) in [5, 5.41) is 0. The average Bonchev–Trinajstić information content (AvgIpc) is 3.05. The second-order valence-corrected chi connectivity index (χ2v) is 4.12. The van der Waals surface area contributed by atoms with Crippen molar-refractivity contribution in [1.29, 1.82) is 0 Å². The molecule has 1 atom stereocenters. The molecule has 2 nitrogen and oxygen atoms in total.